The third-order valence-electron chi connectivity index (χ3n) is 2.94. The van der Waals surface area contributed by atoms with Crippen LogP contribution in [0.1, 0.15) is 13.8 Å². The Labute approximate surface area is 121 Å². The molecule has 2 aromatic rings. The maximum absolute atomic E-state index is 11.7. The average molecular weight is 286 g/mol. The standard InChI is InChI=1S/C17H19O2P/c1-14(2)17(18)19-13-20(15-9-5-3-6-10-15)16-11-7-4-8-12-16/h3-12,14H,13H2,1-2H3. The fourth-order valence-corrected chi connectivity index (χ4v) is 3.73. The lowest BCUT2D eigenvalue weighted by molar-refractivity contribution is -0.145. The second-order valence-corrected chi connectivity index (χ2v) is 6.99. The molecule has 20 heavy (non-hydrogen) atoms. The van der Waals surface area contributed by atoms with Crippen molar-refractivity contribution in [2.75, 3.05) is 6.35 Å². The number of rotatable bonds is 5. The molecule has 2 rings (SSSR count). The van der Waals surface area contributed by atoms with Gasteiger partial charge in [0.05, 0.1) is 5.92 Å². The van der Waals surface area contributed by atoms with Gasteiger partial charge >= 0.3 is 5.97 Å². The normalized spacial score (nSPS) is 10.8. The number of hydrogen-bond donors (Lipinski definition) is 0. The molecule has 0 N–H and O–H groups in total. The lowest BCUT2D eigenvalue weighted by Gasteiger charge is -2.19. The van der Waals surface area contributed by atoms with E-state index in [2.05, 4.69) is 24.3 Å². The van der Waals surface area contributed by atoms with E-state index in [1.807, 2.05) is 50.2 Å². The number of carbonyl (C=O) groups excluding carboxylic acids is 1. The Morgan fingerprint density at radius 3 is 1.80 bits per heavy atom. The van der Waals surface area contributed by atoms with E-state index in [1.165, 1.54) is 10.6 Å². The minimum atomic E-state index is -0.651. The van der Waals surface area contributed by atoms with Crippen LogP contribution in [0.3, 0.4) is 0 Å². The lowest BCUT2D eigenvalue weighted by Crippen LogP contribution is -2.19. The summed E-state index contributed by atoms with van der Waals surface area (Å²) < 4.78 is 5.46. The highest BCUT2D eigenvalue weighted by atomic mass is 31.1. The van der Waals surface area contributed by atoms with E-state index in [9.17, 15) is 4.79 Å². The molecule has 0 aliphatic rings. The highest BCUT2D eigenvalue weighted by molar-refractivity contribution is 7.72. The highest BCUT2D eigenvalue weighted by Gasteiger charge is 2.17. The van der Waals surface area contributed by atoms with E-state index in [1.54, 1.807) is 0 Å². The molecule has 0 heterocycles. The van der Waals surface area contributed by atoms with Crippen molar-refractivity contribution in [3.63, 3.8) is 0 Å². The second kappa shape index (κ2) is 7.21. The monoisotopic (exact) mass is 286 g/mol. The van der Waals surface area contributed by atoms with Gasteiger partial charge in [0, 0.05) is 0 Å². The molecule has 0 aromatic heterocycles. The summed E-state index contributed by atoms with van der Waals surface area (Å²) in [5.74, 6) is -0.220. The maximum Gasteiger partial charge on any atom is 0.308 e. The predicted octanol–water partition coefficient (Wildman–Crippen LogP) is 3.28. The topological polar surface area (TPSA) is 26.3 Å². The number of carbonyl (C=O) groups is 1. The molecule has 0 radical (unpaired) electrons. The molecule has 0 fully saturated rings. The Morgan fingerprint density at radius 1 is 0.950 bits per heavy atom. The van der Waals surface area contributed by atoms with Gasteiger partial charge in [-0.3, -0.25) is 4.79 Å². The molecule has 0 saturated heterocycles. The van der Waals surface area contributed by atoms with Crippen LogP contribution in [0.5, 0.6) is 0 Å². The maximum atomic E-state index is 11.7. The van der Waals surface area contributed by atoms with Crippen LogP contribution in [0.2, 0.25) is 0 Å². The van der Waals surface area contributed by atoms with Gasteiger partial charge < -0.3 is 4.74 Å². The van der Waals surface area contributed by atoms with Crippen LogP contribution < -0.4 is 10.6 Å². The summed E-state index contributed by atoms with van der Waals surface area (Å²) in [6.07, 6.45) is 0.445. The average Bonchev–Trinajstić information content (AvgIpc) is 2.49. The quantitative estimate of drug-likeness (QED) is 0.623. The molecule has 0 saturated carbocycles. The molecule has 0 amide bonds. The fourth-order valence-electron chi connectivity index (χ4n) is 1.81. The van der Waals surface area contributed by atoms with Gasteiger partial charge in [0.1, 0.15) is 6.35 Å². The van der Waals surface area contributed by atoms with E-state index in [0.29, 0.717) is 6.35 Å². The Kier molecular flexibility index (Phi) is 5.31. The summed E-state index contributed by atoms with van der Waals surface area (Å²) in [7, 11) is -0.651. The van der Waals surface area contributed by atoms with Gasteiger partial charge in [-0.25, -0.2) is 0 Å². The fraction of sp³-hybridized carbons (Fsp3) is 0.235. The molecule has 0 atom stereocenters. The van der Waals surface area contributed by atoms with Crippen LogP contribution in [-0.2, 0) is 9.53 Å². The summed E-state index contributed by atoms with van der Waals surface area (Å²) in [6, 6.07) is 20.5. The summed E-state index contributed by atoms with van der Waals surface area (Å²) in [5.41, 5.74) is 0. The molecule has 0 aliphatic heterocycles. The summed E-state index contributed by atoms with van der Waals surface area (Å²) >= 11 is 0. The van der Waals surface area contributed by atoms with Gasteiger partial charge in [-0.2, -0.15) is 0 Å². The molecular formula is C17H19O2P. The Balaban J connectivity index is 2.20. The molecule has 0 unspecified atom stereocenters. The minimum absolute atomic E-state index is 0.0848. The van der Waals surface area contributed by atoms with Crippen LogP contribution in [0.25, 0.3) is 0 Å². The van der Waals surface area contributed by atoms with Crippen LogP contribution in [0, 0.1) is 5.92 Å². The first-order valence-corrected chi connectivity index (χ1v) is 8.25. The zero-order valence-corrected chi connectivity index (χ0v) is 12.7. The van der Waals surface area contributed by atoms with E-state index >= 15 is 0 Å². The number of hydrogen-bond acceptors (Lipinski definition) is 2. The summed E-state index contributed by atoms with van der Waals surface area (Å²) in [6.45, 7) is 3.71. The summed E-state index contributed by atoms with van der Waals surface area (Å²) in [4.78, 5) is 11.7. The van der Waals surface area contributed by atoms with Crippen molar-refractivity contribution < 1.29 is 9.53 Å². The van der Waals surface area contributed by atoms with Crippen LogP contribution in [0.4, 0.5) is 0 Å². The first-order valence-electron chi connectivity index (χ1n) is 6.73. The van der Waals surface area contributed by atoms with Crippen LogP contribution in [-0.4, -0.2) is 12.3 Å². The molecule has 3 heteroatoms. The van der Waals surface area contributed by atoms with Gasteiger partial charge in [-0.1, -0.05) is 74.5 Å². The van der Waals surface area contributed by atoms with E-state index in [0.717, 1.165) is 0 Å². The molecular weight excluding hydrogens is 267 g/mol. The molecule has 104 valence electrons. The smallest absolute Gasteiger partial charge is 0.308 e. The van der Waals surface area contributed by atoms with Crippen molar-refractivity contribution in [2.45, 2.75) is 13.8 Å². The largest absolute Gasteiger partial charge is 0.460 e. The van der Waals surface area contributed by atoms with Gasteiger partial charge in [0.2, 0.25) is 0 Å². The third kappa shape index (κ3) is 3.91. The highest BCUT2D eigenvalue weighted by Crippen LogP contribution is 2.33. The van der Waals surface area contributed by atoms with Crippen molar-refractivity contribution in [2.24, 2.45) is 5.92 Å². The number of benzene rings is 2. The number of ether oxygens (including phenoxy) is 1. The Bertz CT molecular complexity index is 498. The molecule has 0 aliphatic carbocycles. The van der Waals surface area contributed by atoms with Crippen molar-refractivity contribution in [1.82, 2.24) is 0 Å². The van der Waals surface area contributed by atoms with Crippen molar-refractivity contribution in [3.05, 3.63) is 60.7 Å². The van der Waals surface area contributed by atoms with Crippen LogP contribution >= 0.6 is 7.92 Å². The van der Waals surface area contributed by atoms with Gasteiger partial charge in [-0.05, 0) is 18.5 Å². The lowest BCUT2D eigenvalue weighted by atomic mass is 10.2. The Morgan fingerprint density at radius 2 is 1.40 bits per heavy atom. The minimum Gasteiger partial charge on any atom is -0.460 e. The first kappa shape index (κ1) is 14.7. The third-order valence-corrected chi connectivity index (χ3v) is 5.17. The van der Waals surface area contributed by atoms with Gasteiger partial charge in [-0.15, -0.1) is 0 Å². The van der Waals surface area contributed by atoms with Gasteiger partial charge in [0.15, 0.2) is 0 Å². The zero-order chi connectivity index (χ0) is 14.4. The predicted molar refractivity (Wildman–Crippen MR) is 84.9 cm³/mol. The Hall–Kier alpha value is -1.66. The van der Waals surface area contributed by atoms with E-state index < -0.39 is 7.92 Å². The molecule has 2 aromatic carbocycles. The van der Waals surface area contributed by atoms with E-state index in [4.69, 9.17) is 4.74 Å². The molecule has 0 spiro atoms. The zero-order valence-electron chi connectivity index (χ0n) is 11.8. The van der Waals surface area contributed by atoms with E-state index in [-0.39, 0.29) is 11.9 Å². The van der Waals surface area contributed by atoms with Crippen LogP contribution in [0.15, 0.2) is 60.7 Å². The summed E-state index contributed by atoms with van der Waals surface area (Å²) in [5, 5.41) is 2.45. The van der Waals surface area contributed by atoms with Crippen molar-refractivity contribution in [1.29, 1.82) is 0 Å². The van der Waals surface area contributed by atoms with Crippen molar-refractivity contribution >= 4 is 24.5 Å². The molecule has 2 nitrogen and oxygen atoms in total. The first-order chi connectivity index (χ1) is 9.68. The number of esters is 1. The van der Waals surface area contributed by atoms with Gasteiger partial charge in [0.25, 0.3) is 0 Å². The van der Waals surface area contributed by atoms with Crippen molar-refractivity contribution in [3.8, 4) is 0 Å². The molecule has 0 bridgehead atoms. The second-order valence-electron chi connectivity index (χ2n) is 4.85. The SMILES string of the molecule is CC(C)C(=O)OCP(c1ccccc1)c1ccccc1.